The Hall–Kier alpha value is -0.600. The van der Waals surface area contributed by atoms with Gasteiger partial charge in [0.15, 0.2) is 0 Å². The van der Waals surface area contributed by atoms with Crippen LogP contribution in [0.1, 0.15) is 38.5 Å². The molecular weight excluding hydrogens is 289 g/mol. The second-order valence-corrected chi connectivity index (χ2v) is 8.64. The van der Waals surface area contributed by atoms with Crippen LogP contribution in [0.3, 0.4) is 0 Å². The van der Waals surface area contributed by atoms with Crippen molar-refractivity contribution in [1.29, 1.82) is 0 Å². The summed E-state index contributed by atoms with van der Waals surface area (Å²) in [4.78, 5) is 0. The first-order chi connectivity index (χ1) is 9.56. The highest BCUT2D eigenvalue weighted by Crippen LogP contribution is 2.31. The predicted octanol–water partition coefficient (Wildman–Crippen LogP) is 2.57. The van der Waals surface area contributed by atoms with Crippen LogP contribution in [0.25, 0.3) is 0 Å². The molecule has 1 unspecified atom stereocenters. The summed E-state index contributed by atoms with van der Waals surface area (Å²) >= 11 is 0. The van der Waals surface area contributed by atoms with Gasteiger partial charge in [-0.15, -0.1) is 0 Å². The number of sulfonamides is 1. The van der Waals surface area contributed by atoms with Gasteiger partial charge in [-0.2, -0.15) is 0 Å². The quantitative estimate of drug-likeness (QED) is 0.527. The molecule has 1 aromatic carbocycles. The SMILES string of the molecule is [CH2]CCCCCCCS(=O)(=O)N(C)c1cccc2c1P2. The summed E-state index contributed by atoms with van der Waals surface area (Å²) in [6.45, 7) is 3.81. The summed E-state index contributed by atoms with van der Waals surface area (Å²) in [7, 11) is -0.794. The molecule has 0 saturated heterocycles. The first kappa shape index (κ1) is 15.8. The Kier molecular flexibility index (Phi) is 5.45. The third kappa shape index (κ3) is 3.95. The Morgan fingerprint density at radius 3 is 2.60 bits per heavy atom. The molecule has 1 aliphatic heterocycles. The van der Waals surface area contributed by atoms with Gasteiger partial charge >= 0.3 is 0 Å². The van der Waals surface area contributed by atoms with E-state index in [0.29, 0.717) is 8.58 Å². The summed E-state index contributed by atoms with van der Waals surface area (Å²) < 4.78 is 26.1. The second kappa shape index (κ2) is 6.91. The molecular formula is C15H23NO2PS. The van der Waals surface area contributed by atoms with Crippen LogP contribution >= 0.6 is 8.58 Å². The molecule has 0 saturated carbocycles. The minimum Gasteiger partial charge on any atom is -0.273 e. The molecule has 0 amide bonds. The monoisotopic (exact) mass is 312 g/mol. The average molecular weight is 312 g/mol. The van der Waals surface area contributed by atoms with Gasteiger partial charge in [0, 0.05) is 12.4 Å². The molecule has 0 fully saturated rings. The molecule has 0 aromatic heterocycles. The number of rotatable bonds is 9. The van der Waals surface area contributed by atoms with E-state index in [1.165, 1.54) is 14.9 Å². The summed E-state index contributed by atoms with van der Waals surface area (Å²) in [5.41, 5.74) is 0.873. The molecule has 1 aliphatic rings. The number of fused-ring (bicyclic) bond motifs is 1. The van der Waals surface area contributed by atoms with Crippen molar-refractivity contribution in [3.63, 3.8) is 0 Å². The van der Waals surface area contributed by atoms with E-state index in [0.717, 1.165) is 44.2 Å². The first-order valence-corrected chi connectivity index (χ1v) is 9.83. The van der Waals surface area contributed by atoms with E-state index in [1.807, 2.05) is 12.1 Å². The van der Waals surface area contributed by atoms with Gasteiger partial charge in [0.25, 0.3) is 0 Å². The van der Waals surface area contributed by atoms with Crippen LogP contribution in [0.5, 0.6) is 0 Å². The normalized spacial score (nSPS) is 14.3. The third-order valence-electron chi connectivity index (χ3n) is 3.65. The van der Waals surface area contributed by atoms with Gasteiger partial charge in [0.05, 0.1) is 11.4 Å². The van der Waals surface area contributed by atoms with Gasteiger partial charge in [-0.3, -0.25) is 4.31 Å². The Balaban J connectivity index is 1.83. The Morgan fingerprint density at radius 1 is 1.15 bits per heavy atom. The number of unbranched alkanes of at least 4 members (excludes halogenated alkanes) is 5. The standard InChI is InChI=1S/C15H23NO2PS/c1-3-4-5-6-7-8-12-20(17,18)16(2)13-10-9-11-14-15(13)19-14/h9-11,19H,1,3-8,12H2,2H3. The van der Waals surface area contributed by atoms with E-state index in [4.69, 9.17) is 0 Å². The highest BCUT2D eigenvalue weighted by Gasteiger charge is 2.27. The molecule has 2 rings (SSSR count). The van der Waals surface area contributed by atoms with Crippen molar-refractivity contribution in [3.8, 4) is 0 Å². The van der Waals surface area contributed by atoms with Gasteiger partial charge < -0.3 is 0 Å². The maximum Gasteiger partial charge on any atom is 0.234 e. The van der Waals surface area contributed by atoms with Crippen molar-refractivity contribution in [1.82, 2.24) is 0 Å². The van der Waals surface area contributed by atoms with Gasteiger partial charge in [0.1, 0.15) is 0 Å². The van der Waals surface area contributed by atoms with E-state index in [1.54, 1.807) is 7.05 Å². The summed E-state index contributed by atoms with van der Waals surface area (Å²) in [6, 6.07) is 5.92. The number of hydrogen-bond acceptors (Lipinski definition) is 2. The number of nitrogens with zero attached hydrogens (tertiary/aromatic N) is 1. The Labute approximate surface area is 124 Å². The minimum atomic E-state index is -3.17. The van der Waals surface area contributed by atoms with Crippen LogP contribution in [0.2, 0.25) is 0 Å². The third-order valence-corrected chi connectivity index (χ3v) is 6.70. The van der Waals surface area contributed by atoms with E-state index in [-0.39, 0.29) is 5.75 Å². The average Bonchev–Trinajstić information content (AvgIpc) is 3.21. The second-order valence-electron chi connectivity index (χ2n) is 5.23. The molecule has 111 valence electrons. The van der Waals surface area contributed by atoms with E-state index in [2.05, 4.69) is 13.0 Å². The molecule has 0 aliphatic carbocycles. The molecule has 0 N–H and O–H groups in total. The molecule has 0 spiro atoms. The fourth-order valence-electron chi connectivity index (χ4n) is 2.29. The lowest BCUT2D eigenvalue weighted by Gasteiger charge is -2.19. The highest BCUT2D eigenvalue weighted by molar-refractivity contribution is 7.92. The fraction of sp³-hybridized carbons (Fsp3) is 0.533. The van der Waals surface area contributed by atoms with Gasteiger partial charge in [-0.05, 0) is 17.8 Å². The van der Waals surface area contributed by atoms with Crippen molar-refractivity contribution in [2.75, 3.05) is 17.1 Å². The minimum absolute atomic E-state index is 0.251. The topological polar surface area (TPSA) is 37.4 Å². The number of benzene rings is 1. The molecule has 0 bridgehead atoms. The molecule has 5 heteroatoms. The van der Waals surface area contributed by atoms with Crippen LogP contribution in [0.4, 0.5) is 5.69 Å². The lowest BCUT2D eigenvalue weighted by atomic mass is 10.1. The van der Waals surface area contributed by atoms with E-state index in [9.17, 15) is 8.42 Å². The molecule has 1 atom stereocenters. The molecule has 1 radical (unpaired) electrons. The van der Waals surface area contributed by atoms with Gasteiger partial charge in [0.2, 0.25) is 10.0 Å². The van der Waals surface area contributed by atoms with Gasteiger partial charge in [-0.25, -0.2) is 8.42 Å². The molecule has 1 aromatic rings. The summed E-state index contributed by atoms with van der Waals surface area (Å²) in [5, 5.41) is 2.52. The molecule has 3 nitrogen and oxygen atoms in total. The lowest BCUT2D eigenvalue weighted by Crippen LogP contribution is -2.31. The predicted molar refractivity (Wildman–Crippen MR) is 89.3 cm³/mol. The molecule has 20 heavy (non-hydrogen) atoms. The van der Waals surface area contributed by atoms with Crippen LogP contribution in [0, 0.1) is 6.92 Å². The number of hydrogen-bond donors (Lipinski definition) is 0. The Morgan fingerprint density at radius 2 is 1.85 bits per heavy atom. The van der Waals surface area contributed by atoms with Crippen molar-refractivity contribution < 1.29 is 8.42 Å². The van der Waals surface area contributed by atoms with E-state index >= 15 is 0 Å². The molecule has 1 heterocycles. The smallest absolute Gasteiger partial charge is 0.234 e. The fourth-order valence-corrected chi connectivity index (χ4v) is 4.64. The van der Waals surface area contributed by atoms with Crippen LogP contribution in [0.15, 0.2) is 18.2 Å². The first-order valence-electron chi connectivity index (χ1n) is 7.22. The largest absolute Gasteiger partial charge is 0.273 e. The van der Waals surface area contributed by atoms with Crippen molar-refractivity contribution >= 4 is 34.9 Å². The Bertz CT molecular complexity index is 557. The van der Waals surface area contributed by atoms with Crippen molar-refractivity contribution in [2.24, 2.45) is 0 Å². The van der Waals surface area contributed by atoms with Crippen molar-refractivity contribution in [3.05, 3.63) is 25.1 Å². The van der Waals surface area contributed by atoms with Crippen LogP contribution in [-0.4, -0.2) is 21.2 Å². The summed E-state index contributed by atoms with van der Waals surface area (Å²) in [6.07, 6.45) is 6.12. The van der Waals surface area contributed by atoms with Crippen molar-refractivity contribution in [2.45, 2.75) is 38.5 Å². The maximum atomic E-state index is 12.3. The van der Waals surface area contributed by atoms with E-state index < -0.39 is 10.0 Å². The number of anilines is 1. The summed E-state index contributed by atoms with van der Waals surface area (Å²) in [5.74, 6) is 0.251. The van der Waals surface area contributed by atoms with Gasteiger partial charge in [-0.1, -0.05) is 59.7 Å². The maximum absolute atomic E-state index is 12.3. The lowest BCUT2D eigenvalue weighted by molar-refractivity contribution is 0.583. The zero-order valence-electron chi connectivity index (χ0n) is 12.1. The van der Waals surface area contributed by atoms with Crippen LogP contribution in [-0.2, 0) is 10.0 Å². The van der Waals surface area contributed by atoms with Crippen LogP contribution < -0.4 is 14.9 Å². The zero-order valence-corrected chi connectivity index (χ0v) is 13.9. The highest BCUT2D eigenvalue weighted by atomic mass is 32.2. The zero-order chi connectivity index (χ0) is 14.6.